The van der Waals surface area contributed by atoms with Crippen molar-refractivity contribution in [2.75, 3.05) is 27.0 Å². The van der Waals surface area contributed by atoms with Gasteiger partial charge < -0.3 is 14.2 Å². The van der Waals surface area contributed by atoms with Gasteiger partial charge in [-0.15, -0.1) is 0 Å². The summed E-state index contributed by atoms with van der Waals surface area (Å²) in [5.41, 5.74) is 0. The zero-order valence-corrected chi connectivity index (χ0v) is 10.5. The van der Waals surface area contributed by atoms with Crippen molar-refractivity contribution in [3.05, 3.63) is 0 Å². The normalized spacial score (nSPS) is 40.7. The summed E-state index contributed by atoms with van der Waals surface area (Å²) in [7, 11) is 1.79. The van der Waals surface area contributed by atoms with Gasteiger partial charge in [0.25, 0.3) is 0 Å². The molecule has 2 fully saturated rings. The monoisotopic (exact) mass is 229 g/mol. The Morgan fingerprint density at radius 1 is 1.25 bits per heavy atom. The first kappa shape index (κ1) is 12.3. The molecule has 2 rings (SSSR count). The van der Waals surface area contributed by atoms with Crippen molar-refractivity contribution < 1.29 is 14.2 Å². The van der Waals surface area contributed by atoms with Crippen LogP contribution in [0.25, 0.3) is 0 Å². The third kappa shape index (κ3) is 2.56. The first-order valence-electron chi connectivity index (χ1n) is 6.22. The summed E-state index contributed by atoms with van der Waals surface area (Å²) in [5.74, 6) is 0. The number of hydrogen-bond donors (Lipinski definition) is 0. The Hall–Kier alpha value is -0.160. The molecule has 4 atom stereocenters. The molecule has 94 valence electrons. The van der Waals surface area contributed by atoms with E-state index in [0.29, 0.717) is 18.9 Å². The molecule has 0 N–H and O–H groups in total. The summed E-state index contributed by atoms with van der Waals surface area (Å²) < 4.78 is 16.8. The Bertz CT molecular complexity index is 224. The second kappa shape index (κ2) is 5.45. The molecule has 4 nitrogen and oxygen atoms in total. The van der Waals surface area contributed by atoms with Crippen molar-refractivity contribution in [1.29, 1.82) is 0 Å². The lowest BCUT2D eigenvalue weighted by Crippen LogP contribution is -2.37. The van der Waals surface area contributed by atoms with Gasteiger partial charge >= 0.3 is 0 Å². The molecule has 16 heavy (non-hydrogen) atoms. The van der Waals surface area contributed by atoms with Crippen molar-refractivity contribution in [2.45, 2.75) is 51.0 Å². The van der Waals surface area contributed by atoms with Gasteiger partial charge in [-0.2, -0.15) is 0 Å². The van der Waals surface area contributed by atoms with Gasteiger partial charge in [-0.05, 0) is 26.7 Å². The Morgan fingerprint density at radius 3 is 2.62 bits per heavy atom. The van der Waals surface area contributed by atoms with Gasteiger partial charge in [-0.25, -0.2) is 0 Å². The number of hydrogen-bond acceptors (Lipinski definition) is 4. The van der Waals surface area contributed by atoms with E-state index in [2.05, 4.69) is 18.7 Å². The molecular formula is C12H23NO3. The van der Waals surface area contributed by atoms with Gasteiger partial charge in [0.1, 0.15) is 0 Å². The van der Waals surface area contributed by atoms with Crippen LogP contribution in [0.5, 0.6) is 0 Å². The lowest BCUT2D eigenvalue weighted by atomic mass is 10.2. The summed E-state index contributed by atoms with van der Waals surface area (Å²) in [6, 6.07) is 0.461. The molecule has 0 aromatic carbocycles. The van der Waals surface area contributed by atoms with Crippen LogP contribution in [-0.2, 0) is 14.2 Å². The molecule has 2 saturated heterocycles. The van der Waals surface area contributed by atoms with Crippen molar-refractivity contribution in [1.82, 2.24) is 4.90 Å². The fourth-order valence-corrected chi connectivity index (χ4v) is 2.59. The number of nitrogens with zero attached hydrogens (tertiary/aromatic N) is 1. The maximum absolute atomic E-state index is 5.91. The summed E-state index contributed by atoms with van der Waals surface area (Å²) >= 11 is 0. The van der Waals surface area contributed by atoms with Crippen LogP contribution in [0.15, 0.2) is 0 Å². The number of methoxy groups -OCH3 is 1. The highest BCUT2D eigenvalue weighted by Gasteiger charge is 2.32. The van der Waals surface area contributed by atoms with Crippen LogP contribution in [0.2, 0.25) is 0 Å². The molecule has 0 radical (unpaired) electrons. The predicted molar refractivity (Wildman–Crippen MR) is 61.4 cm³/mol. The van der Waals surface area contributed by atoms with Crippen LogP contribution >= 0.6 is 0 Å². The maximum Gasteiger partial charge on any atom is 0.0998 e. The topological polar surface area (TPSA) is 30.9 Å². The molecular weight excluding hydrogens is 206 g/mol. The van der Waals surface area contributed by atoms with E-state index in [-0.39, 0.29) is 12.2 Å². The van der Waals surface area contributed by atoms with E-state index >= 15 is 0 Å². The standard InChI is InChI=1S/C12H23NO3/c1-9-11(14-3)4-6-13(9)8-16-12-5-7-15-10(12)2/h9-12H,4-8H2,1-3H3. The summed E-state index contributed by atoms with van der Waals surface area (Å²) in [5, 5.41) is 0. The number of likely N-dealkylation sites (tertiary alicyclic amines) is 1. The molecule has 0 amide bonds. The SMILES string of the molecule is COC1CCN(COC2CCOC2C)C1C. The van der Waals surface area contributed by atoms with Gasteiger partial charge in [-0.1, -0.05) is 0 Å². The Kier molecular flexibility index (Phi) is 4.19. The molecule has 4 unspecified atom stereocenters. The lowest BCUT2D eigenvalue weighted by molar-refractivity contribution is -0.0588. The van der Waals surface area contributed by atoms with Gasteiger partial charge in [0.05, 0.1) is 25.0 Å². The highest BCUT2D eigenvalue weighted by molar-refractivity contribution is 4.83. The number of rotatable bonds is 4. The highest BCUT2D eigenvalue weighted by atomic mass is 16.6. The molecule has 0 bridgehead atoms. The molecule has 0 aliphatic carbocycles. The van der Waals surface area contributed by atoms with Crippen LogP contribution in [0.4, 0.5) is 0 Å². The molecule has 4 heteroatoms. The van der Waals surface area contributed by atoms with Gasteiger partial charge in [-0.3, -0.25) is 4.90 Å². The van der Waals surface area contributed by atoms with Crippen LogP contribution in [0.3, 0.4) is 0 Å². The minimum absolute atomic E-state index is 0.246. The van der Waals surface area contributed by atoms with Crippen molar-refractivity contribution in [3.8, 4) is 0 Å². The second-order valence-electron chi connectivity index (χ2n) is 4.81. The largest absolute Gasteiger partial charge is 0.380 e. The molecule has 0 aromatic heterocycles. The smallest absolute Gasteiger partial charge is 0.0998 e. The first-order valence-corrected chi connectivity index (χ1v) is 6.22. The minimum atomic E-state index is 0.246. The zero-order chi connectivity index (χ0) is 11.5. The molecule has 0 aromatic rings. The van der Waals surface area contributed by atoms with Gasteiger partial charge in [0, 0.05) is 26.3 Å². The fourth-order valence-electron chi connectivity index (χ4n) is 2.59. The van der Waals surface area contributed by atoms with Gasteiger partial charge in [0.15, 0.2) is 0 Å². The average molecular weight is 229 g/mol. The molecule has 2 aliphatic heterocycles. The minimum Gasteiger partial charge on any atom is -0.380 e. The van der Waals surface area contributed by atoms with E-state index in [9.17, 15) is 0 Å². The first-order chi connectivity index (χ1) is 7.72. The molecule has 2 aliphatic rings. The Balaban J connectivity index is 1.74. The van der Waals surface area contributed by atoms with E-state index in [1.54, 1.807) is 7.11 Å². The Morgan fingerprint density at radius 2 is 2.06 bits per heavy atom. The van der Waals surface area contributed by atoms with Gasteiger partial charge in [0.2, 0.25) is 0 Å². The second-order valence-corrected chi connectivity index (χ2v) is 4.81. The van der Waals surface area contributed by atoms with Crippen LogP contribution in [0, 0.1) is 0 Å². The van der Waals surface area contributed by atoms with Crippen LogP contribution in [0.1, 0.15) is 26.7 Å². The van der Waals surface area contributed by atoms with E-state index < -0.39 is 0 Å². The fraction of sp³-hybridized carbons (Fsp3) is 1.00. The quantitative estimate of drug-likeness (QED) is 0.726. The maximum atomic E-state index is 5.91. The molecule has 2 heterocycles. The number of ether oxygens (including phenoxy) is 3. The highest BCUT2D eigenvalue weighted by Crippen LogP contribution is 2.22. The average Bonchev–Trinajstić information content (AvgIpc) is 2.83. The summed E-state index contributed by atoms with van der Waals surface area (Å²) in [6.45, 7) is 6.91. The van der Waals surface area contributed by atoms with E-state index in [1.807, 2.05) is 0 Å². The third-order valence-electron chi connectivity index (χ3n) is 3.88. The van der Waals surface area contributed by atoms with Crippen molar-refractivity contribution >= 4 is 0 Å². The Labute approximate surface area is 97.8 Å². The van der Waals surface area contributed by atoms with Crippen molar-refractivity contribution in [2.24, 2.45) is 0 Å². The lowest BCUT2D eigenvalue weighted by Gasteiger charge is -2.26. The molecule has 0 saturated carbocycles. The zero-order valence-electron chi connectivity index (χ0n) is 10.5. The van der Waals surface area contributed by atoms with E-state index in [0.717, 1.165) is 26.0 Å². The van der Waals surface area contributed by atoms with E-state index in [4.69, 9.17) is 14.2 Å². The third-order valence-corrected chi connectivity index (χ3v) is 3.88. The predicted octanol–water partition coefficient (Wildman–Crippen LogP) is 1.25. The summed E-state index contributed by atoms with van der Waals surface area (Å²) in [6.07, 6.45) is 3.01. The summed E-state index contributed by atoms with van der Waals surface area (Å²) in [4.78, 5) is 2.35. The molecule has 0 spiro atoms. The van der Waals surface area contributed by atoms with Crippen LogP contribution in [-0.4, -0.2) is 56.2 Å². The van der Waals surface area contributed by atoms with Crippen LogP contribution < -0.4 is 0 Å². The van der Waals surface area contributed by atoms with E-state index in [1.165, 1.54) is 0 Å². The van der Waals surface area contributed by atoms with Crippen molar-refractivity contribution in [3.63, 3.8) is 0 Å².